The number of aliphatic hydroxyl groups is 1. The van der Waals surface area contributed by atoms with Gasteiger partial charge in [-0.25, -0.2) is 10.4 Å². The van der Waals surface area contributed by atoms with Crippen LogP contribution in [0.5, 0.6) is 17.2 Å². The van der Waals surface area contributed by atoms with Gasteiger partial charge in [0.15, 0.2) is 23.1 Å². The van der Waals surface area contributed by atoms with Crippen LogP contribution in [0.15, 0.2) is 95.0 Å². The number of aliphatic imine (C=N–C) groups is 1. The fraction of sp³-hybridized carbons (Fsp3) is 0.297. The summed E-state index contributed by atoms with van der Waals surface area (Å²) in [6.45, 7) is 0.850. The third-order valence-electron chi connectivity index (χ3n) is 8.35. The van der Waals surface area contributed by atoms with Gasteiger partial charge in [-0.1, -0.05) is 64.7 Å². The van der Waals surface area contributed by atoms with Crippen molar-refractivity contribution in [1.29, 1.82) is 0 Å². The first-order chi connectivity index (χ1) is 24.8. The van der Waals surface area contributed by atoms with Gasteiger partial charge >= 0.3 is 0 Å². The average molecular weight is 734 g/mol. The molecule has 12 nitrogen and oxygen atoms in total. The van der Waals surface area contributed by atoms with Crippen molar-refractivity contribution in [3.05, 3.63) is 133 Å². The number of nitrogens with one attached hydrogen (secondary N) is 2. The maximum Gasteiger partial charge on any atom is 0.266 e. The van der Waals surface area contributed by atoms with Gasteiger partial charge in [-0.05, 0) is 77.2 Å². The van der Waals surface area contributed by atoms with Crippen molar-refractivity contribution in [1.82, 2.24) is 10.9 Å². The highest BCUT2D eigenvalue weighted by molar-refractivity contribution is 6.35. The molecule has 1 aliphatic rings. The van der Waals surface area contributed by atoms with Crippen LogP contribution in [-0.2, 0) is 28.9 Å². The normalized spacial score (nSPS) is 16.4. The second kappa shape index (κ2) is 17.8. The summed E-state index contributed by atoms with van der Waals surface area (Å²) in [5, 5.41) is 13.6. The first kappa shape index (κ1) is 37.3. The number of azide groups is 1. The highest BCUT2D eigenvalue weighted by Gasteiger charge is 2.54. The molecule has 4 aromatic rings. The molecule has 1 amide bonds. The molecule has 2 atom stereocenters. The standard InChI is InChI=1S/C37H38Cl2N6O6/c1-48-32-15-8-24(20-33(32)49-2)16-17-41-44-36(47)37(22-26-6-3-4-7-27(26)23-42-45-40)34(30-14-11-28(38)21-31(30)39)51-35(43-37)25-9-12-29(13-10-25)50-19-5-18-46/h3-4,6-15,20-21,34,41,46H,5,16-19,22-23H2,1-2H3,(H,44,47)/t34-,37-/m0/s1. The number of ether oxygens (including phenoxy) is 4. The van der Waals surface area contributed by atoms with Crippen molar-refractivity contribution in [2.75, 3.05) is 34.0 Å². The first-order valence-electron chi connectivity index (χ1n) is 16.2. The lowest BCUT2D eigenvalue weighted by molar-refractivity contribution is -0.130. The van der Waals surface area contributed by atoms with Gasteiger partial charge in [0.25, 0.3) is 5.91 Å². The summed E-state index contributed by atoms with van der Waals surface area (Å²) in [4.78, 5) is 22.6. The quantitative estimate of drug-likeness (QED) is 0.0348. The number of nitrogens with zero attached hydrogens (tertiary/aromatic N) is 4. The fourth-order valence-electron chi connectivity index (χ4n) is 5.75. The van der Waals surface area contributed by atoms with Crippen LogP contribution in [0, 0.1) is 0 Å². The first-order valence-corrected chi connectivity index (χ1v) is 16.9. The van der Waals surface area contributed by atoms with Crippen molar-refractivity contribution in [2.45, 2.75) is 37.5 Å². The zero-order chi connectivity index (χ0) is 36.2. The molecule has 0 unspecified atom stereocenters. The number of carbonyl (C=O) groups is 1. The Balaban J connectivity index is 1.52. The van der Waals surface area contributed by atoms with E-state index in [9.17, 15) is 4.79 Å². The number of amides is 1. The van der Waals surface area contributed by atoms with Crippen LogP contribution >= 0.6 is 23.2 Å². The Hall–Kier alpha value is -4.97. The minimum Gasteiger partial charge on any atom is -0.494 e. The van der Waals surface area contributed by atoms with Crippen molar-refractivity contribution in [3.8, 4) is 17.2 Å². The van der Waals surface area contributed by atoms with E-state index in [0.29, 0.717) is 64.4 Å². The third kappa shape index (κ3) is 9.04. The van der Waals surface area contributed by atoms with E-state index < -0.39 is 17.6 Å². The average Bonchev–Trinajstić information content (AvgIpc) is 3.53. The summed E-state index contributed by atoms with van der Waals surface area (Å²) in [6, 6.07) is 25.2. The van der Waals surface area contributed by atoms with Crippen molar-refractivity contribution < 1.29 is 28.8 Å². The highest BCUT2D eigenvalue weighted by Crippen LogP contribution is 2.45. The summed E-state index contributed by atoms with van der Waals surface area (Å²) < 4.78 is 23.1. The second-order valence-electron chi connectivity index (χ2n) is 11.6. The number of methoxy groups -OCH3 is 2. The lowest BCUT2D eigenvalue weighted by Crippen LogP contribution is -2.54. The lowest BCUT2D eigenvalue weighted by Gasteiger charge is -2.32. The van der Waals surface area contributed by atoms with Gasteiger partial charge in [0.05, 0.1) is 27.4 Å². The van der Waals surface area contributed by atoms with Gasteiger partial charge in [0.2, 0.25) is 5.90 Å². The fourth-order valence-corrected chi connectivity index (χ4v) is 6.26. The Labute approximate surface area is 305 Å². The van der Waals surface area contributed by atoms with Crippen LogP contribution in [0.1, 0.15) is 40.3 Å². The number of benzene rings is 4. The maximum atomic E-state index is 14.6. The van der Waals surface area contributed by atoms with E-state index in [1.54, 1.807) is 56.7 Å². The molecular formula is C37H38Cl2N6O6. The van der Waals surface area contributed by atoms with E-state index in [1.807, 2.05) is 42.5 Å². The van der Waals surface area contributed by atoms with Crippen LogP contribution in [0.25, 0.3) is 10.4 Å². The van der Waals surface area contributed by atoms with E-state index in [-0.39, 0.29) is 25.5 Å². The Bertz CT molecular complexity index is 1900. The predicted molar refractivity (Wildman–Crippen MR) is 196 cm³/mol. The summed E-state index contributed by atoms with van der Waals surface area (Å²) in [6.07, 6.45) is 0.149. The molecule has 1 heterocycles. The molecule has 0 radical (unpaired) electrons. The number of halogens is 2. The molecule has 0 saturated carbocycles. The van der Waals surface area contributed by atoms with Gasteiger partial charge < -0.3 is 24.1 Å². The third-order valence-corrected chi connectivity index (χ3v) is 8.91. The molecule has 0 aliphatic carbocycles. The van der Waals surface area contributed by atoms with Gasteiger partial charge in [-0.15, -0.1) is 0 Å². The predicted octanol–water partition coefficient (Wildman–Crippen LogP) is 6.95. The van der Waals surface area contributed by atoms with E-state index in [2.05, 4.69) is 20.9 Å². The molecule has 0 saturated heterocycles. The molecular weight excluding hydrogens is 695 g/mol. The summed E-state index contributed by atoms with van der Waals surface area (Å²) in [5.41, 5.74) is 17.0. The number of hydrogen-bond acceptors (Lipinski definition) is 9. The molecule has 0 aromatic heterocycles. The van der Waals surface area contributed by atoms with E-state index in [1.165, 1.54) is 0 Å². The van der Waals surface area contributed by atoms with Crippen LogP contribution < -0.4 is 25.1 Å². The van der Waals surface area contributed by atoms with Crippen LogP contribution in [0.3, 0.4) is 0 Å². The van der Waals surface area contributed by atoms with Gasteiger partial charge in [-0.2, -0.15) is 0 Å². The largest absolute Gasteiger partial charge is 0.494 e. The Kier molecular flexibility index (Phi) is 13.0. The SMILES string of the molecule is COc1ccc(CCNNC(=O)[C@@]2(Cc3ccccc3CN=[N+]=[N-])N=C(c3ccc(OCCCO)cc3)O[C@H]2c2ccc(Cl)cc2Cl)cc1OC. The zero-order valence-corrected chi connectivity index (χ0v) is 29.7. The molecule has 0 fully saturated rings. The lowest BCUT2D eigenvalue weighted by atomic mass is 9.81. The van der Waals surface area contributed by atoms with E-state index in [0.717, 1.165) is 16.7 Å². The minimum atomic E-state index is -1.59. The molecule has 0 spiro atoms. The smallest absolute Gasteiger partial charge is 0.266 e. The molecule has 14 heteroatoms. The monoisotopic (exact) mass is 732 g/mol. The van der Waals surface area contributed by atoms with Gasteiger partial charge in [0.1, 0.15) is 5.75 Å². The van der Waals surface area contributed by atoms with Crippen LogP contribution in [0.4, 0.5) is 0 Å². The summed E-state index contributed by atoms with van der Waals surface area (Å²) >= 11 is 13.1. The van der Waals surface area contributed by atoms with E-state index >= 15 is 0 Å². The number of hydrogen-bond donors (Lipinski definition) is 3. The molecule has 4 aromatic carbocycles. The van der Waals surface area contributed by atoms with Gasteiger partial charge in [-0.3, -0.25) is 10.2 Å². The molecule has 266 valence electrons. The number of carbonyl (C=O) groups excluding carboxylic acids is 1. The van der Waals surface area contributed by atoms with Crippen molar-refractivity contribution in [2.24, 2.45) is 10.1 Å². The molecule has 51 heavy (non-hydrogen) atoms. The topological polar surface area (TPSA) is 159 Å². The molecule has 0 bridgehead atoms. The highest BCUT2D eigenvalue weighted by atomic mass is 35.5. The minimum absolute atomic E-state index is 0.0264. The van der Waals surface area contributed by atoms with Crippen LogP contribution in [0.2, 0.25) is 10.0 Å². The van der Waals surface area contributed by atoms with Crippen LogP contribution in [-0.4, -0.2) is 56.4 Å². The molecule has 5 rings (SSSR count). The van der Waals surface area contributed by atoms with Crippen molar-refractivity contribution in [3.63, 3.8) is 0 Å². The second-order valence-corrected chi connectivity index (χ2v) is 12.5. The Morgan fingerprint density at radius 1 is 1.02 bits per heavy atom. The van der Waals surface area contributed by atoms with Crippen molar-refractivity contribution >= 4 is 35.0 Å². The molecule has 3 N–H and O–H groups in total. The summed E-state index contributed by atoms with van der Waals surface area (Å²) in [7, 11) is 3.16. The molecule has 1 aliphatic heterocycles. The number of hydrazine groups is 1. The maximum absolute atomic E-state index is 14.6. The Morgan fingerprint density at radius 2 is 1.78 bits per heavy atom. The number of rotatable bonds is 17. The van der Waals surface area contributed by atoms with E-state index in [4.69, 9.17) is 57.8 Å². The van der Waals surface area contributed by atoms with Gasteiger partial charge in [0, 0.05) is 52.1 Å². The number of aliphatic hydroxyl groups excluding tert-OH is 1. The zero-order valence-electron chi connectivity index (χ0n) is 28.1. The summed E-state index contributed by atoms with van der Waals surface area (Å²) in [5.74, 6) is 1.59. The Morgan fingerprint density at radius 3 is 2.49 bits per heavy atom.